The first-order valence-electron chi connectivity index (χ1n) is 4.40. The summed E-state index contributed by atoms with van der Waals surface area (Å²) >= 11 is 7.47. The second kappa shape index (κ2) is 5.15. The summed E-state index contributed by atoms with van der Waals surface area (Å²) in [5.74, 6) is 6.45. The van der Waals surface area contributed by atoms with Crippen LogP contribution in [-0.2, 0) is 5.75 Å². The Labute approximate surface area is 101 Å². The van der Waals surface area contributed by atoms with Gasteiger partial charge in [0.25, 0.3) is 0 Å². The summed E-state index contributed by atoms with van der Waals surface area (Å²) in [5.41, 5.74) is 3.22. The lowest BCUT2D eigenvalue weighted by Gasteiger charge is -2.04. The maximum Gasteiger partial charge on any atom is 0.183 e. The Morgan fingerprint density at radius 1 is 1.50 bits per heavy atom. The topological polar surface area (TPSA) is 92.5 Å². The monoisotopic (exact) mass is 256 g/mol. The Morgan fingerprint density at radius 3 is 3.06 bits per heavy atom. The number of hydrogen-bond donors (Lipinski definition) is 3. The number of nitrogens with one attached hydrogen (secondary N) is 2. The molecule has 0 bridgehead atoms. The third kappa shape index (κ3) is 2.63. The molecule has 0 aliphatic rings. The molecule has 84 valence electrons. The van der Waals surface area contributed by atoms with E-state index >= 15 is 0 Å². The number of nitrogen functional groups attached to an aromatic ring is 1. The van der Waals surface area contributed by atoms with E-state index in [1.165, 1.54) is 18.1 Å². The van der Waals surface area contributed by atoms with Crippen molar-refractivity contribution in [2.24, 2.45) is 5.84 Å². The normalized spacial score (nSPS) is 10.4. The quantitative estimate of drug-likeness (QED) is 0.435. The van der Waals surface area contributed by atoms with Crippen LogP contribution >= 0.6 is 23.4 Å². The van der Waals surface area contributed by atoms with Crippen LogP contribution < -0.4 is 11.3 Å². The minimum absolute atomic E-state index is 0.581. The highest BCUT2D eigenvalue weighted by atomic mass is 35.5. The van der Waals surface area contributed by atoms with Gasteiger partial charge in [-0.05, 0) is 12.1 Å². The molecule has 0 atom stereocenters. The van der Waals surface area contributed by atoms with E-state index in [4.69, 9.17) is 17.4 Å². The first-order valence-corrected chi connectivity index (χ1v) is 5.76. The number of hydrogen-bond acceptors (Lipinski definition) is 6. The van der Waals surface area contributed by atoms with Gasteiger partial charge in [0.2, 0.25) is 0 Å². The fourth-order valence-electron chi connectivity index (χ4n) is 1.07. The number of nitrogens with zero attached hydrogens (tertiary/aromatic N) is 3. The Balaban J connectivity index is 2.08. The van der Waals surface area contributed by atoms with Crippen molar-refractivity contribution in [2.45, 2.75) is 10.9 Å². The molecule has 0 amide bonds. The molecule has 0 aromatic carbocycles. The molecule has 0 aliphatic carbocycles. The molecule has 0 spiro atoms. The Bertz CT molecular complexity index is 460. The first kappa shape index (κ1) is 11.2. The van der Waals surface area contributed by atoms with Gasteiger partial charge in [0.05, 0.1) is 10.7 Å². The van der Waals surface area contributed by atoms with Crippen LogP contribution in [0.25, 0.3) is 0 Å². The van der Waals surface area contributed by atoms with Crippen molar-refractivity contribution in [3.05, 3.63) is 29.2 Å². The molecular weight excluding hydrogens is 248 g/mol. The maximum absolute atomic E-state index is 6.00. The zero-order chi connectivity index (χ0) is 11.4. The van der Waals surface area contributed by atoms with Crippen molar-refractivity contribution < 1.29 is 0 Å². The molecule has 4 N–H and O–H groups in total. The van der Waals surface area contributed by atoms with E-state index in [0.717, 1.165) is 10.9 Å². The molecule has 0 fully saturated rings. The Kier molecular flexibility index (Phi) is 3.60. The molecule has 0 radical (unpaired) electrons. The van der Waals surface area contributed by atoms with E-state index in [1.54, 1.807) is 12.1 Å². The largest absolute Gasteiger partial charge is 0.308 e. The minimum Gasteiger partial charge on any atom is -0.308 e. The average Bonchev–Trinajstić information content (AvgIpc) is 2.81. The molecule has 16 heavy (non-hydrogen) atoms. The lowest BCUT2D eigenvalue weighted by molar-refractivity contribution is 0.971. The van der Waals surface area contributed by atoms with E-state index in [2.05, 4.69) is 25.6 Å². The summed E-state index contributed by atoms with van der Waals surface area (Å²) in [7, 11) is 0. The molecule has 0 aliphatic heterocycles. The number of aromatic amines is 1. The van der Waals surface area contributed by atoms with Crippen LogP contribution in [0.5, 0.6) is 0 Å². The lowest BCUT2D eigenvalue weighted by atomic mass is 10.4. The molecule has 8 heteroatoms. The summed E-state index contributed by atoms with van der Waals surface area (Å²) < 4.78 is 0. The average molecular weight is 257 g/mol. The van der Waals surface area contributed by atoms with Crippen LogP contribution in [0.15, 0.2) is 23.6 Å². The molecule has 0 saturated carbocycles. The van der Waals surface area contributed by atoms with Crippen molar-refractivity contribution >= 4 is 29.2 Å². The van der Waals surface area contributed by atoms with Gasteiger partial charge in [0.1, 0.15) is 12.1 Å². The number of aromatic nitrogens is 4. The van der Waals surface area contributed by atoms with Crippen LogP contribution in [0.3, 0.4) is 0 Å². The Hall–Kier alpha value is -1.31. The lowest BCUT2D eigenvalue weighted by Crippen LogP contribution is -2.09. The van der Waals surface area contributed by atoms with Crippen molar-refractivity contribution in [2.75, 3.05) is 5.43 Å². The molecule has 2 aromatic heterocycles. The highest BCUT2D eigenvalue weighted by molar-refractivity contribution is 7.98. The van der Waals surface area contributed by atoms with Crippen LogP contribution in [-0.4, -0.2) is 20.2 Å². The number of thioether (sulfide) groups is 1. The summed E-state index contributed by atoms with van der Waals surface area (Å²) in [6.07, 6.45) is 1.45. The molecule has 2 rings (SSSR count). The van der Waals surface area contributed by atoms with Gasteiger partial charge in [0.15, 0.2) is 5.16 Å². The molecular formula is C8H9ClN6S. The molecule has 0 saturated heterocycles. The van der Waals surface area contributed by atoms with E-state index < -0.39 is 0 Å². The second-order valence-electron chi connectivity index (χ2n) is 2.85. The summed E-state index contributed by atoms with van der Waals surface area (Å²) in [4.78, 5) is 8.23. The third-order valence-corrected chi connectivity index (χ3v) is 3.04. The zero-order valence-corrected chi connectivity index (χ0v) is 9.72. The van der Waals surface area contributed by atoms with Crippen LogP contribution in [0.4, 0.5) is 5.82 Å². The SMILES string of the molecule is NNc1ccc(Cl)c(CSc2ncn[nH]2)n1. The van der Waals surface area contributed by atoms with Crippen LogP contribution in [0.2, 0.25) is 5.02 Å². The fraction of sp³-hybridized carbons (Fsp3) is 0.125. The van der Waals surface area contributed by atoms with Gasteiger partial charge < -0.3 is 5.43 Å². The minimum atomic E-state index is 0.581. The van der Waals surface area contributed by atoms with E-state index in [0.29, 0.717) is 16.6 Å². The van der Waals surface area contributed by atoms with Crippen molar-refractivity contribution in [1.82, 2.24) is 20.2 Å². The number of nitrogens with two attached hydrogens (primary N) is 1. The number of pyridine rings is 1. The van der Waals surface area contributed by atoms with E-state index in [1.807, 2.05) is 0 Å². The number of H-pyrrole nitrogens is 1. The van der Waals surface area contributed by atoms with E-state index in [9.17, 15) is 0 Å². The molecule has 2 aromatic rings. The van der Waals surface area contributed by atoms with Gasteiger partial charge in [0, 0.05) is 5.75 Å². The van der Waals surface area contributed by atoms with Crippen molar-refractivity contribution in [3.63, 3.8) is 0 Å². The first-order chi connectivity index (χ1) is 7.79. The van der Waals surface area contributed by atoms with Gasteiger partial charge in [-0.15, -0.1) is 0 Å². The number of halogens is 1. The molecule has 0 unspecified atom stereocenters. The third-order valence-electron chi connectivity index (χ3n) is 1.81. The zero-order valence-electron chi connectivity index (χ0n) is 8.14. The van der Waals surface area contributed by atoms with Crippen molar-refractivity contribution in [1.29, 1.82) is 0 Å². The maximum atomic E-state index is 6.00. The predicted molar refractivity (Wildman–Crippen MR) is 63.0 cm³/mol. The van der Waals surface area contributed by atoms with Gasteiger partial charge in [-0.3, -0.25) is 5.10 Å². The second-order valence-corrected chi connectivity index (χ2v) is 4.22. The van der Waals surface area contributed by atoms with Gasteiger partial charge in [-0.2, -0.15) is 5.10 Å². The number of anilines is 1. The highest BCUT2D eigenvalue weighted by Gasteiger charge is 2.05. The van der Waals surface area contributed by atoms with Gasteiger partial charge in [-0.25, -0.2) is 15.8 Å². The summed E-state index contributed by atoms with van der Waals surface area (Å²) in [6, 6.07) is 3.46. The van der Waals surface area contributed by atoms with Gasteiger partial charge in [-0.1, -0.05) is 23.4 Å². The molecule has 2 heterocycles. The fourth-order valence-corrected chi connectivity index (χ4v) is 2.05. The van der Waals surface area contributed by atoms with Crippen molar-refractivity contribution in [3.8, 4) is 0 Å². The molecule has 6 nitrogen and oxygen atoms in total. The van der Waals surface area contributed by atoms with Crippen LogP contribution in [0.1, 0.15) is 5.69 Å². The number of hydrazine groups is 1. The Morgan fingerprint density at radius 2 is 2.38 bits per heavy atom. The standard InChI is InChI=1S/C8H9ClN6S/c9-5-1-2-7(14-10)13-6(5)3-16-8-11-4-12-15-8/h1-2,4H,3,10H2,(H,13,14)(H,11,12,15). The van der Waals surface area contributed by atoms with E-state index in [-0.39, 0.29) is 0 Å². The summed E-state index contributed by atoms with van der Waals surface area (Å²) in [5, 5.41) is 7.82. The predicted octanol–water partition coefficient (Wildman–Crippen LogP) is 1.43. The number of rotatable bonds is 4. The van der Waals surface area contributed by atoms with Gasteiger partial charge >= 0.3 is 0 Å². The highest BCUT2D eigenvalue weighted by Crippen LogP contribution is 2.23. The summed E-state index contributed by atoms with van der Waals surface area (Å²) in [6.45, 7) is 0. The smallest absolute Gasteiger partial charge is 0.183 e. The van der Waals surface area contributed by atoms with Crippen LogP contribution in [0, 0.1) is 0 Å².